The third-order valence-electron chi connectivity index (χ3n) is 4.28. The van der Waals surface area contributed by atoms with Crippen LogP contribution >= 0.6 is 0 Å². The molecule has 2 heteroatoms. The molecule has 0 rings (SSSR count). The summed E-state index contributed by atoms with van der Waals surface area (Å²) < 4.78 is 6.11. The number of unbranched alkanes of at least 4 members (excludes halogenated alkanes) is 3. The average molecular weight is 375 g/mol. The molecule has 0 aromatic carbocycles. The van der Waals surface area contributed by atoms with Gasteiger partial charge in [0.25, 0.3) is 0 Å². The Hall–Kier alpha value is 0.499. The van der Waals surface area contributed by atoms with Crippen LogP contribution in [0.3, 0.4) is 0 Å². The molecule has 0 unspecified atom stereocenters. The van der Waals surface area contributed by atoms with Crippen molar-refractivity contribution in [3.05, 3.63) is 11.6 Å². The van der Waals surface area contributed by atoms with Gasteiger partial charge in [-0.25, -0.2) is 0 Å². The summed E-state index contributed by atoms with van der Waals surface area (Å²) in [5, 5.41) is 9.11. The minimum atomic E-state index is -1.98. The van der Waals surface area contributed by atoms with Crippen molar-refractivity contribution < 1.29 is 5.11 Å². The molecule has 0 aliphatic carbocycles. The molecule has 0 heterocycles. The zero-order chi connectivity index (χ0) is 14.6. The topological polar surface area (TPSA) is 20.2 Å². The van der Waals surface area contributed by atoms with Crippen LogP contribution in [0.4, 0.5) is 0 Å². The molecule has 0 aliphatic heterocycles. The van der Waals surface area contributed by atoms with E-state index in [2.05, 4.69) is 33.8 Å². The van der Waals surface area contributed by atoms with E-state index in [0.29, 0.717) is 0 Å². The standard InChI is InChI=1S/C5H9O.3C4H9.Sn/c1-5(2)3-4-6;3*1-3-4-2;/h3,6H,1,4H2,2H3;3*1,3-4H2,2H3;/b5-3-;;;;. The molecule has 0 aromatic rings. The molecule has 0 saturated heterocycles. The van der Waals surface area contributed by atoms with Crippen molar-refractivity contribution in [1.82, 2.24) is 0 Å². The van der Waals surface area contributed by atoms with E-state index in [4.69, 9.17) is 5.11 Å². The fourth-order valence-corrected chi connectivity index (χ4v) is 20.0. The zero-order valence-corrected chi connectivity index (χ0v) is 16.7. The maximum atomic E-state index is 9.11. The fraction of sp³-hybridized carbons (Fsp3) is 0.882. The number of rotatable bonds is 12. The van der Waals surface area contributed by atoms with Crippen LogP contribution in [0.15, 0.2) is 11.6 Å². The van der Waals surface area contributed by atoms with E-state index in [1.54, 1.807) is 13.3 Å². The monoisotopic (exact) mass is 376 g/mol. The van der Waals surface area contributed by atoms with Crippen LogP contribution in [0, 0.1) is 0 Å². The number of allylic oxidation sites excluding steroid dienone is 1. The van der Waals surface area contributed by atoms with Gasteiger partial charge in [-0.1, -0.05) is 0 Å². The first-order valence-corrected chi connectivity index (χ1v) is 16.5. The molecule has 0 amide bonds. The van der Waals surface area contributed by atoms with Crippen molar-refractivity contribution in [3.63, 3.8) is 0 Å². The minimum absolute atomic E-state index is 0.225. The summed E-state index contributed by atoms with van der Waals surface area (Å²) in [7, 11) is 0. The quantitative estimate of drug-likeness (QED) is 0.339. The van der Waals surface area contributed by atoms with Crippen molar-refractivity contribution in [2.75, 3.05) is 6.61 Å². The predicted octanol–water partition coefficient (Wildman–Crippen LogP) is 5.77. The normalized spacial score (nSPS) is 13.0. The predicted molar refractivity (Wildman–Crippen MR) is 90.5 cm³/mol. The molecule has 1 nitrogen and oxygen atoms in total. The van der Waals surface area contributed by atoms with Gasteiger partial charge in [0.05, 0.1) is 0 Å². The summed E-state index contributed by atoms with van der Waals surface area (Å²) in [4.78, 5) is 0. The molecule has 0 bridgehead atoms. The van der Waals surface area contributed by atoms with E-state index in [-0.39, 0.29) is 6.61 Å². The van der Waals surface area contributed by atoms with E-state index in [9.17, 15) is 0 Å². The molecule has 0 radical (unpaired) electrons. The summed E-state index contributed by atoms with van der Waals surface area (Å²) in [6, 6.07) is 0. The van der Waals surface area contributed by atoms with Gasteiger partial charge in [0.2, 0.25) is 0 Å². The van der Waals surface area contributed by atoms with Gasteiger partial charge in [-0.2, -0.15) is 0 Å². The van der Waals surface area contributed by atoms with E-state index < -0.39 is 18.4 Å². The van der Waals surface area contributed by atoms with Crippen LogP contribution in [0.1, 0.15) is 66.2 Å². The number of hydrogen-bond acceptors (Lipinski definition) is 1. The van der Waals surface area contributed by atoms with Gasteiger partial charge in [-0.15, -0.1) is 0 Å². The van der Waals surface area contributed by atoms with Crippen molar-refractivity contribution in [3.8, 4) is 0 Å². The molecule has 0 saturated carbocycles. The third kappa shape index (κ3) is 9.12. The number of hydrogen-bond donors (Lipinski definition) is 1. The van der Waals surface area contributed by atoms with Crippen molar-refractivity contribution >= 4 is 18.4 Å². The van der Waals surface area contributed by atoms with Crippen LogP contribution < -0.4 is 0 Å². The number of aliphatic hydroxyl groups is 1. The Bertz CT molecular complexity index is 214. The average Bonchev–Trinajstić information content (AvgIpc) is 2.40. The Morgan fingerprint density at radius 1 is 0.895 bits per heavy atom. The van der Waals surface area contributed by atoms with Crippen molar-refractivity contribution in [2.45, 2.75) is 84.0 Å². The van der Waals surface area contributed by atoms with Crippen LogP contribution in [0.2, 0.25) is 17.7 Å². The van der Waals surface area contributed by atoms with E-state index in [1.807, 2.05) is 0 Å². The van der Waals surface area contributed by atoms with Gasteiger partial charge in [0.15, 0.2) is 0 Å². The first-order chi connectivity index (χ1) is 9.14. The SMILES string of the molecule is CCC[CH2][Sn]([CH2]CCC)([CH2]CCC)[CH2]/C(C)=C/CO. The molecular weight excluding hydrogens is 339 g/mol. The zero-order valence-electron chi connectivity index (χ0n) is 13.8. The number of aliphatic hydroxyl groups excluding tert-OH is 1. The van der Waals surface area contributed by atoms with Crippen molar-refractivity contribution in [1.29, 1.82) is 0 Å². The van der Waals surface area contributed by atoms with Gasteiger partial charge >= 0.3 is 126 Å². The summed E-state index contributed by atoms with van der Waals surface area (Å²) in [5.41, 5.74) is 1.47. The first-order valence-electron chi connectivity index (χ1n) is 8.40. The van der Waals surface area contributed by atoms with Crippen LogP contribution in [-0.4, -0.2) is 30.1 Å². The van der Waals surface area contributed by atoms with Gasteiger partial charge in [-0.3, -0.25) is 0 Å². The second-order valence-corrected chi connectivity index (χ2v) is 20.1. The molecule has 0 fully saturated rings. The van der Waals surface area contributed by atoms with Gasteiger partial charge in [0.1, 0.15) is 0 Å². The molecule has 0 spiro atoms. The van der Waals surface area contributed by atoms with Gasteiger partial charge in [-0.05, 0) is 0 Å². The molecule has 19 heavy (non-hydrogen) atoms. The van der Waals surface area contributed by atoms with Gasteiger partial charge in [0, 0.05) is 0 Å². The van der Waals surface area contributed by atoms with Crippen LogP contribution in [0.5, 0.6) is 0 Å². The molecule has 1 N–H and O–H groups in total. The van der Waals surface area contributed by atoms with Crippen molar-refractivity contribution in [2.24, 2.45) is 0 Å². The molecule has 0 atom stereocenters. The summed E-state index contributed by atoms with van der Waals surface area (Å²) in [6.07, 6.45) is 10.4. The molecule has 114 valence electrons. The van der Waals surface area contributed by atoms with E-state index >= 15 is 0 Å². The van der Waals surface area contributed by atoms with E-state index in [0.717, 1.165) is 0 Å². The Morgan fingerprint density at radius 3 is 1.63 bits per heavy atom. The first kappa shape index (κ1) is 19.5. The Labute approximate surface area is 125 Å². The maximum absolute atomic E-state index is 9.11. The fourth-order valence-electron chi connectivity index (χ4n) is 3.12. The van der Waals surface area contributed by atoms with Gasteiger partial charge < -0.3 is 0 Å². The molecule has 0 aliphatic rings. The Morgan fingerprint density at radius 2 is 1.32 bits per heavy atom. The Balaban J connectivity index is 4.80. The molecule has 0 aromatic heterocycles. The summed E-state index contributed by atoms with van der Waals surface area (Å²) in [6.45, 7) is 9.45. The van der Waals surface area contributed by atoms with Crippen LogP contribution in [0.25, 0.3) is 0 Å². The second kappa shape index (κ2) is 12.3. The van der Waals surface area contributed by atoms with Crippen LogP contribution in [-0.2, 0) is 0 Å². The Kier molecular flexibility index (Phi) is 12.6. The molecular formula is C17H36OSn. The van der Waals surface area contributed by atoms with E-state index in [1.165, 1.54) is 48.5 Å². The second-order valence-electron chi connectivity index (χ2n) is 6.22. The third-order valence-corrected chi connectivity index (χ3v) is 20.1. The summed E-state index contributed by atoms with van der Waals surface area (Å²) >= 11 is -1.98. The summed E-state index contributed by atoms with van der Waals surface area (Å²) in [5.74, 6) is 0.